The largest absolute Gasteiger partial charge is 0.273 e. The van der Waals surface area contributed by atoms with Gasteiger partial charge in [0.15, 0.2) is 0 Å². The van der Waals surface area contributed by atoms with Crippen LogP contribution in [0.15, 0.2) is 97.1 Å². The molecule has 3 heteroatoms. The average molecular weight is 729 g/mol. The molecule has 0 saturated heterocycles. The van der Waals surface area contributed by atoms with E-state index in [2.05, 4.69) is 160 Å². The van der Waals surface area contributed by atoms with Gasteiger partial charge in [-0.05, 0) is 24.7 Å². The Morgan fingerprint density at radius 3 is 1.30 bits per heavy atom. The molecule has 1 aliphatic rings. The van der Waals surface area contributed by atoms with Crippen molar-refractivity contribution in [2.45, 2.75) is 86.5 Å². The van der Waals surface area contributed by atoms with E-state index in [1.165, 1.54) is 93.5 Å². The standard InChI is InChI=1S/C23H29.C15H14.C5H5.2ClH.Zr/c1-14-9-16-11-17-10-15(2)21(23(6,7)8)13-19(17)18(16)12-20(14)22(3,4)5;1-12-3-7-14(8-4-12)11-15-9-5-13(2)6-10-15;1-2-4-5-3-1;;;/h9-13H,1-8H3;3-10H,1-2H3;1-3H,4H2;2*1H;/q-1;;-1;;;+2. The van der Waals surface area contributed by atoms with Crippen LogP contribution in [0.4, 0.5) is 0 Å². The number of halogens is 2. The van der Waals surface area contributed by atoms with Gasteiger partial charge in [0.1, 0.15) is 0 Å². The van der Waals surface area contributed by atoms with E-state index in [0.29, 0.717) is 0 Å². The summed E-state index contributed by atoms with van der Waals surface area (Å²) in [6, 6.07) is 29.5. The predicted octanol–water partition coefficient (Wildman–Crippen LogP) is 12.5. The zero-order valence-corrected chi connectivity index (χ0v) is 33.4. The maximum atomic E-state index is 2.99. The third kappa shape index (κ3) is 10.0. The van der Waals surface area contributed by atoms with Crippen LogP contribution in [-0.2, 0) is 35.1 Å². The van der Waals surface area contributed by atoms with E-state index in [0.717, 1.165) is 6.42 Å². The number of fused-ring (bicyclic) bond motifs is 3. The Morgan fingerprint density at radius 1 is 0.630 bits per heavy atom. The van der Waals surface area contributed by atoms with Crippen LogP contribution in [0.25, 0.3) is 21.5 Å². The second kappa shape index (κ2) is 16.6. The smallest absolute Gasteiger partial charge is 0.109 e. The number of benzene rings is 4. The molecular weight excluding hydrogens is 679 g/mol. The normalized spacial score (nSPS) is 12.1. The van der Waals surface area contributed by atoms with Gasteiger partial charge in [-0.25, -0.2) is 12.2 Å². The maximum absolute atomic E-state index is 2.99. The molecule has 0 spiro atoms. The molecule has 46 heavy (non-hydrogen) atoms. The van der Waals surface area contributed by atoms with Gasteiger partial charge in [-0.3, -0.25) is 6.08 Å². The SMILES string of the molecule is Cc1cc2[cH-]c3cc(C)c(C(C)(C)C)cc3c2cc1C(C)(C)C.Cc1ccc([C](=[Zr+2])c2ccc(C)cc2)cc1.Cl.Cl.[C-]1=CC=CC1. The minimum atomic E-state index is 0. The summed E-state index contributed by atoms with van der Waals surface area (Å²) in [5.41, 5.74) is 11.4. The third-order valence-electron chi connectivity index (χ3n) is 8.28. The van der Waals surface area contributed by atoms with Crippen LogP contribution in [0.2, 0.25) is 0 Å². The van der Waals surface area contributed by atoms with E-state index in [1.54, 1.807) is 0 Å². The Labute approximate surface area is 305 Å². The van der Waals surface area contributed by atoms with Gasteiger partial charge in [0.2, 0.25) is 0 Å². The molecule has 0 aromatic heterocycles. The van der Waals surface area contributed by atoms with Gasteiger partial charge in [0.05, 0.1) is 0 Å². The summed E-state index contributed by atoms with van der Waals surface area (Å²) < 4.78 is 1.42. The first-order valence-electron chi connectivity index (χ1n) is 15.7. The summed E-state index contributed by atoms with van der Waals surface area (Å²) in [6.07, 6.45) is 10.0. The van der Waals surface area contributed by atoms with Crippen molar-refractivity contribution in [3.05, 3.63) is 148 Å². The molecular formula is C43H50Cl2Zr. The molecule has 240 valence electrons. The summed E-state index contributed by atoms with van der Waals surface area (Å²) >= 11 is 1.46. The van der Waals surface area contributed by atoms with Gasteiger partial charge >= 0.3 is 112 Å². The van der Waals surface area contributed by atoms with Crippen LogP contribution >= 0.6 is 24.8 Å². The fraction of sp³-hybridized carbons (Fsp3) is 0.302. The Morgan fingerprint density at radius 2 is 1.02 bits per heavy atom. The second-order valence-corrected chi connectivity index (χ2v) is 15.5. The van der Waals surface area contributed by atoms with E-state index in [-0.39, 0.29) is 35.6 Å². The number of allylic oxidation sites excluding steroid dienone is 4. The van der Waals surface area contributed by atoms with Crippen LogP contribution < -0.4 is 0 Å². The van der Waals surface area contributed by atoms with E-state index < -0.39 is 0 Å². The molecule has 5 aromatic carbocycles. The topological polar surface area (TPSA) is 0 Å². The predicted molar refractivity (Wildman–Crippen MR) is 206 cm³/mol. The Balaban J connectivity index is 0.000000278. The maximum Gasteiger partial charge on any atom is -0.109 e. The van der Waals surface area contributed by atoms with Crippen molar-refractivity contribution in [1.82, 2.24) is 0 Å². The molecule has 0 atom stereocenters. The quantitative estimate of drug-likeness (QED) is 0.159. The molecule has 1 aliphatic carbocycles. The van der Waals surface area contributed by atoms with Crippen molar-refractivity contribution < 1.29 is 24.2 Å². The first kappa shape index (κ1) is 39.7. The molecule has 0 fully saturated rings. The summed E-state index contributed by atoms with van der Waals surface area (Å²) in [5.74, 6) is 0. The molecule has 6 rings (SSSR count). The van der Waals surface area contributed by atoms with Gasteiger partial charge in [-0.1, -0.05) is 75.9 Å². The number of rotatable bonds is 2. The van der Waals surface area contributed by atoms with Crippen molar-refractivity contribution in [3.8, 4) is 0 Å². The molecule has 0 aliphatic heterocycles. The average Bonchev–Trinajstić information content (AvgIpc) is 3.63. The molecule has 0 heterocycles. The van der Waals surface area contributed by atoms with Crippen molar-refractivity contribution in [1.29, 1.82) is 0 Å². The van der Waals surface area contributed by atoms with Gasteiger partial charge in [-0.15, -0.1) is 71.0 Å². The first-order chi connectivity index (χ1) is 20.6. The second-order valence-electron chi connectivity index (χ2n) is 14.3. The molecule has 0 bridgehead atoms. The molecule has 0 nitrogen and oxygen atoms in total. The van der Waals surface area contributed by atoms with E-state index in [9.17, 15) is 0 Å². The molecule has 0 radical (unpaired) electrons. The fourth-order valence-corrected chi connectivity index (χ4v) is 6.72. The van der Waals surface area contributed by atoms with Crippen molar-refractivity contribution in [2.24, 2.45) is 0 Å². The van der Waals surface area contributed by atoms with Gasteiger partial charge in [0, 0.05) is 0 Å². The van der Waals surface area contributed by atoms with E-state index in [4.69, 9.17) is 0 Å². The Bertz CT molecular complexity index is 1690. The van der Waals surface area contributed by atoms with E-state index >= 15 is 0 Å². The monoisotopic (exact) mass is 726 g/mol. The number of aryl methyl sites for hydroxylation is 4. The van der Waals surface area contributed by atoms with Gasteiger partial charge < -0.3 is 0 Å². The van der Waals surface area contributed by atoms with Crippen LogP contribution in [0, 0.1) is 33.8 Å². The molecule has 5 aromatic rings. The molecule has 0 unspecified atom stereocenters. The van der Waals surface area contributed by atoms with Gasteiger partial charge in [-0.2, -0.15) is 6.08 Å². The summed E-state index contributed by atoms with van der Waals surface area (Å²) in [7, 11) is 0. The summed E-state index contributed by atoms with van der Waals surface area (Å²) in [4.78, 5) is 0. The zero-order chi connectivity index (χ0) is 32.2. The van der Waals surface area contributed by atoms with Crippen molar-refractivity contribution in [2.75, 3.05) is 0 Å². The van der Waals surface area contributed by atoms with Crippen LogP contribution in [0.3, 0.4) is 0 Å². The molecule has 0 N–H and O–H groups in total. The molecule has 0 amide bonds. The summed E-state index contributed by atoms with van der Waals surface area (Å²) in [5, 5.41) is 5.55. The Kier molecular flexibility index (Phi) is 14.3. The molecule has 0 saturated carbocycles. The zero-order valence-electron chi connectivity index (χ0n) is 29.3. The number of hydrogen-bond acceptors (Lipinski definition) is 0. The van der Waals surface area contributed by atoms with Crippen LogP contribution in [0.1, 0.15) is 92.5 Å². The fourth-order valence-electron chi connectivity index (χ4n) is 5.90. The van der Waals surface area contributed by atoms with Crippen molar-refractivity contribution >= 4 is 49.6 Å². The minimum absolute atomic E-state index is 0. The summed E-state index contributed by atoms with van der Waals surface area (Å²) in [6.45, 7) is 22.5. The van der Waals surface area contributed by atoms with Crippen LogP contribution in [0.5, 0.6) is 0 Å². The van der Waals surface area contributed by atoms with Crippen molar-refractivity contribution in [3.63, 3.8) is 0 Å². The third-order valence-corrected chi connectivity index (χ3v) is 9.70. The Hall–Kier alpha value is -2.44. The van der Waals surface area contributed by atoms with Crippen LogP contribution in [-0.4, -0.2) is 3.21 Å². The van der Waals surface area contributed by atoms with Gasteiger partial charge in [0.25, 0.3) is 0 Å². The minimum Gasteiger partial charge on any atom is -0.273 e. The number of hydrogen-bond donors (Lipinski definition) is 0. The first-order valence-corrected chi connectivity index (χ1v) is 17.0. The van der Waals surface area contributed by atoms with E-state index in [1.807, 2.05) is 12.2 Å².